The van der Waals surface area contributed by atoms with Crippen LogP contribution in [0.15, 0.2) is 53.0 Å². The lowest BCUT2D eigenvalue weighted by Gasteiger charge is -2.04. The van der Waals surface area contributed by atoms with E-state index in [-0.39, 0.29) is 0 Å². The quantitative estimate of drug-likeness (QED) is 0.629. The maximum Gasteiger partial charge on any atom is 0.129 e. The van der Waals surface area contributed by atoms with Crippen molar-refractivity contribution in [3.05, 3.63) is 59.2 Å². The average Bonchev–Trinajstić information content (AvgIpc) is 3.03. The first-order chi connectivity index (χ1) is 10.8. The number of para-hydroxylation sites is 1. The van der Waals surface area contributed by atoms with Crippen LogP contribution >= 0.6 is 23.1 Å². The van der Waals surface area contributed by atoms with Gasteiger partial charge in [0.2, 0.25) is 0 Å². The predicted octanol–water partition coefficient (Wildman–Crippen LogP) is 4.81. The lowest BCUT2D eigenvalue weighted by atomic mass is 10.2. The lowest BCUT2D eigenvalue weighted by Crippen LogP contribution is -1.88. The van der Waals surface area contributed by atoms with Gasteiger partial charge in [-0.25, -0.2) is 9.97 Å². The Morgan fingerprint density at radius 3 is 2.82 bits per heavy atom. The Bertz CT molecular complexity index is 753. The Morgan fingerprint density at radius 2 is 2.05 bits per heavy atom. The molecule has 0 atom stereocenters. The monoisotopic (exact) mass is 328 g/mol. The van der Waals surface area contributed by atoms with Gasteiger partial charge in [-0.05, 0) is 30.7 Å². The highest BCUT2D eigenvalue weighted by Gasteiger charge is 2.10. The molecule has 0 amide bonds. The van der Waals surface area contributed by atoms with Crippen LogP contribution < -0.4 is 4.74 Å². The number of pyridine rings is 1. The van der Waals surface area contributed by atoms with Crippen molar-refractivity contribution in [2.75, 3.05) is 7.11 Å². The van der Waals surface area contributed by atoms with Gasteiger partial charge in [-0.1, -0.05) is 18.2 Å². The van der Waals surface area contributed by atoms with E-state index in [1.165, 1.54) is 5.56 Å². The van der Waals surface area contributed by atoms with Gasteiger partial charge in [0.05, 0.1) is 23.4 Å². The number of methoxy groups -OCH3 is 1. The molecule has 1 aromatic carbocycles. The standard InChI is InChI=1S/C17H16N2OS2/c1-12-7-8-16(18-9-12)21-10-13-11-22-17(19-13)14-5-3-4-6-15(14)20-2/h3-9,11H,10H2,1-2H3. The first-order valence-corrected chi connectivity index (χ1v) is 8.76. The number of hydrogen-bond donors (Lipinski definition) is 0. The van der Waals surface area contributed by atoms with Crippen LogP contribution in [0.1, 0.15) is 11.3 Å². The van der Waals surface area contributed by atoms with Crippen LogP contribution in [-0.4, -0.2) is 17.1 Å². The molecule has 0 radical (unpaired) electrons. The lowest BCUT2D eigenvalue weighted by molar-refractivity contribution is 0.416. The van der Waals surface area contributed by atoms with Gasteiger partial charge in [0.1, 0.15) is 10.8 Å². The number of ether oxygens (including phenoxy) is 1. The molecule has 0 bridgehead atoms. The maximum absolute atomic E-state index is 5.40. The molecule has 0 saturated carbocycles. The zero-order valence-electron chi connectivity index (χ0n) is 12.4. The molecule has 0 N–H and O–H groups in total. The van der Waals surface area contributed by atoms with Crippen molar-refractivity contribution in [3.63, 3.8) is 0 Å². The van der Waals surface area contributed by atoms with Crippen LogP contribution in [0.3, 0.4) is 0 Å². The summed E-state index contributed by atoms with van der Waals surface area (Å²) in [6, 6.07) is 12.1. The fourth-order valence-electron chi connectivity index (χ4n) is 2.01. The van der Waals surface area contributed by atoms with Crippen LogP contribution in [0.4, 0.5) is 0 Å². The van der Waals surface area contributed by atoms with Gasteiger partial charge in [-0.3, -0.25) is 0 Å². The summed E-state index contributed by atoms with van der Waals surface area (Å²) in [5.74, 6) is 1.68. The molecule has 0 aliphatic carbocycles. The van der Waals surface area contributed by atoms with Gasteiger partial charge in [-0.2, -0.15) is 0 Å². The summed E-state index contributed by atoms with van der Waals surface area (Å²) in [5.41, 5.74) is 3.29. The van der Waals surface area contributed by atoms with Crippen molar-refractivity contribution in [3.8, 4) is 16.3 Å². The smallest absolute Gasteiger partial charge is 0.129 e. The Hall–Kier alpha value is -1.85. The number of thioether (sulfide) groups is 1. The number of benzene rings is 1. The molecule has 0 saturated heterocycles. The Labute approximate surface area is 138 Å². The predicted molar refractivity (Wildman–Crippen MR) is 92.6 cm³/mol. The largest absolute Gasteiger partial charge is 0.496 e. The Morgan fingerprint density at radius 1 is 1.18 bits per heavy atom. The number of hydrogen-bond acceptors (Lipinski definition) is 5. The van der Waals surface area contributed by atoms with Crippen LogP contribution in [0.5, 0.6) is 5.75 Å². The zero-order chi connectivity index (χ0) is 15.4. The third-order valence-electron chi connectivity index (χ3n) is 3.14. The van der Waals surface area contributed by atoms with Crippen molar-refractivity contribution in [2.45, 2.75) is 17.7 Å². The van der Waals surface area contributed by atoms with E-state index in [0.717, 1.165) is 32.8 Å². The molecule has 0 aliphatic rings. The SMILES string of the molecule is COc1ccccc1-c1nc(CSc2ccc(C)cn2)cs1. The third-order valence-corrected chi connectivity index (χ3v) is 5.04. The summed E-state index contributed by atoms with van der Waals surface area (Å²) < 4.78 is 5.40. The van der Waals surface area contributed by atoms with Crippen molar-refractivity contribution in [1.29, 1.82) is 0 Å². The molecule has 0 aliphatic heterocycles. The molecule has 0 spiro atoms. The normalized spacial score (nSPS) is 10.6. The summed E-state index contributed by atoms with van der Waals surface area (Å²) in [7, 11) is 1.69. The van der Waals surface area contributed by atoms with Crippen molar-refractivity contribution in [2.24, 2.45) is 0 Å². The van der Waals surface area contributed by atoms with Crippen LogP contribution in [0, 0.1) is 6.92 Å². The van der Waals surface area contributed by atoms with E-state index in [1.54, 1.807) is 30.2 Å². The molecule has 2 heterocycles. The average molecular weight is 328 g/mol. The molecule has 3 aromatic rings. The van der Waals surface area contributed by atoms with Crippen LogP contribution in [-0.2, 0) is 5.75 Å². The van der Waals surface area contributed by atoms with Gasteiger partial charge < -0.3 is 4.74 Å². The second kappa shape index (κ2) is 6.94. The van der Waals surface area contributed by atoms with E-state index >= 15 is 0 Å². The van der Waals surface area contributed by atoms with E-state index < -0.39 is 0 Å². The highest BCUT2D eigenvalue weighted by Crippen LogP contribution is 2.33. The van der Waals surface area contributed by atoms with Crippen molar-refractivity contribution < 1.29 is 4.74 Å². The highest BCUT2D eigenvalue weighted by atomic mass is 32.2. The number of aryl methyl sites for hydroxylation is 1. The minimum atomic E-state index is 0.821. The molecular weight excluding hydrogens is 312 g/mol. The van der Waals surface area contributed by atoms with E-state index in [2.05, 4.69) is 16.4 Å². The summed E-state index contributed by atoms with van der Waals surface area (Å²) in [4.78, 5) is 9.12. The van der Waals surface area contributed by atoms with E-state index in [0.29, 0.717) is 0 Å². The second-order valence-corrected chi connectivity index (χ2v) is 6.66. The van der Waals surface area contributed by atoms with Gasteiger partial charge >= 0.3 is 0 Å². The topological polar surface area (TPSA) is 35.0 Å². The Kier molecular flexibility index (Phi) is 4.75. The van der Waals surface area contributed by atoms with Gasteiger partial charge in [-0.15, -0.1) is 23.1 Å². The van der Waals surface area contributed by atoms with Crippen molar-refractivity contribution in [1.82, 2.24) is 9.97 Å². The second-order valence-electron chi connectivity index (χ2n) is 4.81. The van der Waals surface area contributed by atoms with Crippen LogP contribution in [0.2, 0.25) is 0 Å². The summed E-state index contributed by atoms with van der Waals surface area (Å²) >= 11 is 3.35. The van der Waals surface area contributed by atoms with E-state index in [4.69, 9.17) is 9.72 Å². The number of thiazole rings is 1. The molecule has 3 nitrogen and oxygen atoms in total. The number of nitrogens with zero attached hydrogens (tertiary/aromatic N) is 2. The van der Waals surface area contributed by atoms with E-state index in [1.807, 2.05) is 43.5 Å². The van der Waals surface area contributed by atoms with E-state index in [9.17, 15) is 0 Å². The van der Waals surface area contributed by atoms with Gasteiger partial charge in [0.15, 0.2) is 0 Å². The minimum absolute atomic E-state index is 0.821. The van der Waals surface area contributed by atoms with Gasteiger partial charge in [0.25, 0.3) is 0 Å². The molecule has 0 fully saturated rings. The molecule has 0 unspecified atom stereocenters. The summed E-state index contributed by atoms with van der Waals surface area (Å²) in [5, 5.41) is 4.12. The molecule has 22 heavy (non-hydrogen) atoms. The molecule has 112 valence electrons. The first-order valence-electron chi connectivity index (χ1n) is 6.89. The summed E-state index contributed by atoms with van der Waals surface area (Å²) in [6.07, 6.45) is 1.89. The molecule has 5 heteroatoms. The van der Waals surface area contributed by atoms with Crippen molar-refractivity contribution >= 4 is 23.1 Å². The first kappa shape index (κ1) is 15.1. The van der Waals surface area contributed by atoms with Gasteiger partial charge in [0, 0.05) is 17.3 Å². The van der Waals surface area contributed by atoms with Crippen LogP contribution in [0.25, 0.3) is 10.6 Å². The molecule has 3 rings (SSSR count). The number of rotatable bonds is 5. The fourth-order valence-corrected chi connectivity index (χ4v) is 3.70. The summed E-state index contributed by atoms with van der Waals surface area (Å²) in [6.45, 7) is 2.04. The third kappa shape index (κ3) is 3.48. The highest BCUT2D eigenvalue weighted by molar-refractivity contribution is 7.98. The zero-order valence-corrected chi connectivity index (χ0v) is 14.1. The molecular formula is C17H16N2OS2. The fraction of sp³-hybridized carbons (Fsp3) is 0.176. The molecule has 2 aromatic heterocycles. The Balaban J connectivity index is 1.72. The number of aromatic nitrogens is 2. The maximum atomic E-state index is 5.40. The minimum Gasteiger partial charge on any atom is -0.496 e.